The third-order valence-corrected chi connectivity index (χ3v) is 7.69. The highest BCUT2D eigenvalue weighted by Crippen LogP contribution is 2.44. The van der Waals surface area contributed by atoms with Gasteiger partial charge in [-0.25, -0.2) is 13.6 Å². The summed E-state index contributed by atoms with van der Waals surface area (Å²) in [6, 6.07) is 8.06. The molecule has 1 N–H and O–H groups in total. The van der Waals surface area contributed by atoms with Crippen LogP contribution >= 0.6 is 12.6 Å². The van der Waals surface area contributed by atoms with Gasteiger partial charge in [0.1, 0.15) is 17.3 Å². The molecule has 0 aromatic heterocycles. The second kappa shape index (κ2) is 11.9. The molecule has 204 valence electrons. The fourth-order valence-corrected chi connectivity index (χ4v) is 5.37. The van der Waals surface area contributed by atoms with E-state index in [4.69, 9.17) is 17.4 Å². The van der Waals surface area contributed by atoms with Crippen LogP contribution in [0.3, 0.4) is 0 Å². The van der Waals surface area contributed by atoms with Gasteiger partial charge in [0.25, 0.3) is 0 Å². The van der Waals surface area contributed by atoms with Gasteiger partial charge < -0.3 is 14.7 Å². The van der Waals surface area contributed by atoms with Crippen molar-refractivity contribution in [1.82, 2.24) is 0 Å². The fraction of sp³-hybridized carbons (Fsp3) is 0.452. The number of hydrogen-bond donors (Lipinski definition) is 2. The van der Waals surface area contributed by atoms with Gasteiger partial charge in [0, 0.05) is 35.5 Å². The third-order valence-electron chi connectivity index (χ3n) is 7.33. The molecule has 2 aromatic rings. The van der Waals surface area contributed by atoms with E-state index in [1.165, 1.54) is 18.2 Å². The van der Waals surface area contributed by atoms with Crippen LogP contribution in [-0.2, 0) is 0 Å². The number of aromatic carboxylic acids is 1. The number of hydrogen-bond acceptors (Lipinski definition) is 4. The molecule has 1 saturated carbocycles. The van der Waals surface area contributed by atoms with E-state index in [1.54, 1.807) is 6.08 Å². The van der Waals surface area contributed by atoms with E-state index < -0.39 is 23.2 Å². The second-order valence-electron chi connectivity index (χ2n) is 11.2. The summed E-state index contributed by atoms with van der Waals surface area (Å²) in [6.45, 7) is 9.90. The van der Waals surface area contributed by atoms with Crippen molar-refractivity contribution >= 4 is 24.3 Å². The minimum Gasteiger partial charge on any atom is -0.478 e. The number of thiol groups is 1. The summed E-state index contributed by atoms with van der Waals surface area (Å²) in [5.74, 6) is -0.392. The Morgan fingerprint density at radius 2 is 1.89 bits per heavy atom. The van der Waals surface area contributed by atoms with E-state index >= 15 is 0 Å². The van der Waals surface area contributed by atoms with Crippen molar-refractivity contribution in [2.75, 3.05) is 11.4 Å². The molecule has 0 saturated heterocycles. The van der Waals surface area contributed by atoms with Crippen LogP contribution in [0.25, 0.3) is 11.1 Å². The average Bonchev–Trinajstić information content (AvgIpc) is 3.69. The fourth-order valence-electron chi connectivity index (χ4n) is 5.05. The first kappa shape index (κ1) is 28.2. The van der Waals surface area contributed by atoms with Gasteiger partial charge in [0.05, 0.1) is 11.3 Å². The summed E-state index contributed by atoms with van der Waals surface area (Å²) < 4.78 is 35.0. The molecule has 4 rings (SSSR count). The van der Waals surface area contributed by atoms with Crippen molar-refractivity contribution in [2.45, 2.75) is 70.7 Å². The zero-order valence-electron chi connectivity index (χ0n) is 22.5. The summed E-state index contributed by atoms with van der Waals surface area (Å²) >= 11 is 4.86. The number of anilines is 1. The normalized spacial score (nSPS) is 16.3. The van der Waals surface area contributed by atoms with Crippen LogP contribution in [0.2, 0.25) is 0 Å². The van der Waals surface area contributed by atoms with E-state index in [0.717, 1.165) is 37.6 Å². The molecule has 0 amide bonds. The monoisotopic (exact) mass is 541 g/mol. The molecule has 0 spiro atoms. The largest absolute Gasteiger partial charge is 0.478 e. The lowest BCUT2D eigenvalue weighted by molar-refractivity contribution is 0.0692. The van der Waals surface area contributed by atoms with E-state index in [1.807, 2.05) is 12.1 Å². The summed E-state index contributed by atoms with van der Waals surface area (Å²) in [4.78, 5) is 14.7. The number of carbonyl (C=O) groups is 1. The standard InChI is InChI=1S/C31H37F2NO3S/c1-18(2)13-21(19(3)4)17-34(22-10-11-22)27-16-29(37-28-8-6-5-7-26(28)33)23(15-30(27)38)20-9-12-25(32)24(14-20)31(35)36/h5,7,9,12,14-16,18-19,21-22,38H,6,8,10-11,13,17H2,1-4H3,(H,35,36)/t21-/m1/s1. The Labute approximate surface area is 229 Å². The summed E-state index contributed by atoms with van der Waals surface area (Å²) in [6.07, 6.45) is 7.56. The molecule has 0 unspecified atom stereocenters. The van der Waals surface area contributed by atoms with Crippen molar-refractivity contribution in [2.24, 2.45) is 17.8 Å². The Balaban J connectivity index is 1.82. The first-order valence-corrected chi connectivity index (χ1v) is 13.9. The predicted molar refractivity (Wildman–Crippen MR) is 151 cm³/mol. The molecule has 2 aliphatic carbocycles. The van der Waals surface area contributed by atoms with Crippen LogP contribution in [0.4, 0.5) is 14.5 Å². The van der Waals surface area contributed by atoms with E-state index in [0.29, 0.717) is 58.4 Å². The van der Waals surface area contributed by atoms with Crippen LogP contribution in [0, 0.1) is 23.6 Å². The highest BCUT2D eigenvalue weighted by atomic mass is 32.1. The van der Waals surface area contributed by atoms with Crippen LogP contribution in [-0.4, -0.2) is 23.7 Å². The molecule has 7 heteroatoms. The highest BCUT2D eigenvalue weighted by molar-refractivity contribution is 7.80. The average molecular weight is 542 g/mol. The van der Waals surface area contributed by atoms with Crippen molar-refractivity contribution in [3.63, 3.8) is 0 Å². The minimum absolute atomic E-state index is 0.227. The van der Waals surface area contributed by atoms with Gasteiger partial charge in [-0.2, -0.15) is 0 Å². The molecule has 1 fully saturated rings. The Kier molecular flexibility index (Phi) is 8.86. The number of allylic oxidation sites excluding steroid dienone is 4. The Bertz CT molecular complexity index is 1250. The molecule has 2 aromatic carbocycles. The lowest BCUT2D eigenvalue weighted by Gasteiger charge is -2.34. The van der Waals surface area contributed by atoms with Crippen LogP contribution in [0.5, 0.6) is 5.75 Å². The molecule has 0 radical (unpaired) electrons. The molecule has 38 heavy (non-hydrogen) atoms. The quantitative estimate of drug-likeness (QED) is 0.280. The topological polar surface area (TPSA) is 49.8 Å². The number of carboxylic acid groups (broad SMARTS) is 1. The number of ether oxygens (including phenoxy) is 1. The number of halogens is 2. The van der Waals surface area contributed by atoms with Gasteiger partial charge in [-0.15, -0.1) is 12.6 Å². The molecule has 4 nitrogen and oxygen atoms in total. The Hall–Kier alpha value is -2.80. The lowest BCUT2D eigenvalue weighted by Crippen LogP contribution is -2.34. The van der Waals surface area contributed by atoms with Crippen molar-refractivity contribution in [3.05, 3.63) is 65.5 Å². The summed E-state index contributed by atoms with van der Waals surface area (Å²) in [7, 11) is 0. The summed E-state index contributed by atoms with van der Waals surface area (Å²) in [5, 5.41) is 9.47. The van der Waals surface area contributed by atoms with Gasteiger partial charge in [-0.05, 0) is 73.3 Å². The van der Waals surface area contributed by atoms with Gasteiger partial charge in [0.2, 0.25) is 0 Å². The van der Waals surface area contributed by atoms with Crippen molar-refractivity contribution in [1.29, 1.82) is 0 Å². The second-order valence-corrected chi connectivity index (χ2v) is 11.7. The van der Waals surface area contributed by atoms with Gasteiger partial charge in [-0.3, -0.25) is 0 Å². The molecule has 0 heterocycles. The number of benzene rings is 2. The first-order chi connectivity index (χ1) is 18.0. The SMILES string of the molecule is CC(C)C[C@H](CN(c1cc(OC2=C(F)C=CCC2)c(-c2ccc(F)c(C(=O)O)c2)cc1S)C1CC1)C(C)C. The number of nitrogens with zero attached hydrogens (tertiary/aromatic N) is 1. The van der Waals surface area contributed by atoms with Crippen LogP contribution in [0.15, 0.2) is 59.0 Å². The zero-order chi connectivity index (χ0) is 27.6. The molecule has 1 atom stereocenters. The maximum Gasteiger partial charge on any atom is 0.338 e. The maximum atomic E-state index is 14.7. The molecule has 0 aliphatic heterocycles. The van der Waals surface area contributed by atoms with Crippen LogP contribution in [0.1, 0.15) is 70.2 Å². The van der Waals surface area contributed by atoms with Crippen molar-refractivity contribution < 1.29 is 23.4 Å². The van der Waals surface area contributed by atoms with Gasteiger partial charge in [-0.1, -0.05) is 39.8 Å². The highest BCUT2D eigenvalue weighted by Gasteiger charge is 2.33. The summed E-state index contributed by atoms with van der Waals surface area (Å²) in [5.41, 5.74) is 1.48. The van der Waals surface area contributed by atoms with E-state index in [9.17, 15) is 18.7 Å². The third kappa shape index (κ3) is 6.60. The zero-order valence-corrected chi connectivity index (χ0v) is 23.4. The van der Waals surface area contributed by atoms with E-state index in [-0.39, 0.29) is 5.76 Å². The lowest BCUT2D eigenvalue weighted by atomic mass is 9.87. The molecular formula is C31H37F2NO3S. The maximum absolute atomic E-state index is 14.7. The number of carboxylic acids is 1. The number of rotatable bonds is 11. The van der Waals surface area contributed by atoms with Gasteiger partial charge >= 0.3 is 5.97 Å². The van der Waals surface area contributed by atoms with E-state index in [2.05, 4.69) is 32.6 Å². The first-order valence-electron chi connectivity index (χ1n) is 13.4. The Morgan fingerprint density at radius 3 is 2.50 bits per heavy atom. The molecule has 0 bridgehead atoms. The van der Waals surface area contributed by atoms with Gasteiger partial charge in [0.15, 0.2) is 5.83 Å². The smallest absolute Gasteiger partial charge is 0.338 e. The molecule has 2 aliphatic rings. The predicted octanol–water partition coefficient (Wildman–Crippen LogP) is 8.68. The molecular weight excluding hydrogens is 504 g/mol. The van der Waals surface area contributed by atoms with Crippen LogP contribution < -0.4 is 9.64 Å². The Morgan fingerprint density at radius 1 is 1.16 bits per heavy atom. The minimum atomic E-state index is -1.36. The van der Waals surface area contributed by atoms with Crippen molar-refractivity contribution in [3.8, 4) is 16.9 Å².